The van der Waals surface area contributed by atoms with Crippen LogP contribution in [0.2, 0.25) is 0 Å². The monoisotopic (exact) mass is 203 g/mol. The molecule has 1 heterocycles. The van der Waals surface area contributed by atoms with Crippen LogP contribution in [0.4, 0.5) is 11.4 Å². The van der Waals surface area contributed by atoms with Crippen LogP contribution in [0.1, 0.15) is 13.8 Å². The van der Waals surface area contributed by atoms with E-state index in [4.69, 9.17) is 5.73 Å². The zero-order valence-corrected chi connectivity index (χ0v) is 8.77. The van der Waals surface area contributed by atoms with Gasteiger partial charge in [0.25, 0.3) is 5.91 Å². The van der Waals surface area contributed by atoms with Crippen molar-refractivity contribution >= 4 is 23.0 Å². The zero-order valence-electron chi connectivity index (χ0n) is 8.77. The standard InChI is InChI=1S/C11H13N3O/c1-7-8(2)13-14(11(7)15)10-6-4-3-5-9(10)12/h3-7H,12H2,1-2H3. The first-order valence-corrected chi connectivity index (χ1v) is 4.85. The molecule has 1 aliphatic heterocycles. The summed E-state index contributed by atoms with van der Waals surface area (Å²) in [5.74, 6) is -0.171. The Labute approximate surface area is 88.4 Å². The maximum absolute atomic E-state index is 11.8. The van der Waals surface area contributed by atoms with E-state index in [1.54, 1.807) is 12.1 Å². The van der Waals surface area contributed by atoms with E-state index in [0.29, 0.717) is 11.4 Å². The average Bonchev–Trinajstić information content (AvgIpc) is 2.47. The number of hydrazone groups is 1. The summed E-state index contributed by atoms with van der Waals surface area (Å²) in [6.45, 7) is 3.70. The highest BCUT2D eigenvalue weighted by molar-refractivity contribution is 6.15. The van der Waals surface area contributed by atoms with Crippen molar-refractivity contribution in [2.75, 3.05) is 10.7 Å². The third kappa shape index (κ3) is 1.48. The number of benzene rings is 1. The molecule has 1 unspecified atom stereocenters. The molecule has 1 atom stereocenters. The molecule has 0 radical (unpaired) electrons. The first kappa shape index (κ1) is 9.71. The van der Waals surface area contributed by atoms with Gasteiger partial charge in [0.1, 0.15) is 0 Å². The average molecular weight is 203 g/mol. The Morgan fingerprint density at radius 2 is 2.07 bits per heavy atom. The molecule has 1 amide bonds. The van der Waals surface area contributed by atoms with Crippen LogP contribution in [0, 0.1) is 5.92 Å². The van der Waals surface area contributed by atoms with E-state index in [-0.39, 0.29) is 11.8 Å². The van der Waals surface area contributed by atoms with E-state index < -0.39 is 0 Å². The fraction of sp³-hybridized carbons (Fsp3) is 0.273. The molecule has 1 aromatic rings. The molecule has 4 nitrogen and oxygen atoms in total. The maximum Gasteiger partial charge on any atom is 0.256 e. The van der Waals surface area contributed by atoms with Crippen molar-refractivity contribution in [1.82, 2.24) is 0 Å². The highest BCUT2D eigenvalue weighted by Gasteiger charge is 2.31. The number of rotatable bonds is 1. The van der Waals surface area contributed by atoms with Gasteiger partial charge in [-0.05, 0) is 26.0 Å². The van der Waals surface area contributed by atoms with Crippen LogP contribution in [0.25, 0.3) is 0 Å². The summed E-state index contributed by atoms with van der Waals surface area (Å²) in [6, 6.07) is 7.23. The number of carbonyl (C=O) groups is 1. The van der Waals surface area contributed by atoms with Gasteiger partial charge >= 0.3 is 0 Å². The molecule has 0 spiro atoms. The van der Waals surface area contributed by atoms with Gasteiger partial charge in [-0.25, -0.2) is 0 Å². The van der Waals surface area contributed by atoms with Gasteiger partial charge in [0.15, 0.2) is 0 Å². The normalized spacial score (nSPS) is 20.7. The number of nitrogens with two attached hydrogens (primary N) is 1. The van der Waals surface area contributed by atoms with Gasteiger partial charge in [-0.1, -0.05) is 12.1 Å². The van der Waals surface area contributed by atoms with Crippen molar-refractivity contribution in [1.29, 1.82) is 0 Å². The van der Waals surface area contributed by atoms with Crippen molar-refractivity contribution in [3.63, 3.8) is 0 Å². The van der Waals surface area contributed by atoms with Gasteiger partial charge in [-0.2, -0.15) is 10.1 Å². The Morgan fingerprint density at radius 1 is 1.40 bits per heavy atom. The molecular formula is C11H13N3O. The highest BCUT2D eigenvalue weighted by atomic mass is 16.2. The van der Waals surface area contributed by atoms with E-state index in [9.17, 15) is 4.79 Å². The van der Waals surface area contributed by atoms with Gasteiger partial charge < -0.3 is 5.73 Å². The second-order valence-electron chi connectivity index (χ2n) is 3.67. The summed E-state index contributed by atoms with van der Waals surface area (Å²) in [5, 5.41) is 5.59. The van der Waals surface area contributed by atoms with Gasteiger partial charge in [0, 0.05) is 5.71 Å². The smallest absolute Gasteiger partial charge is 0.256 e. The first-order chi connectivity index (χ1) is 7.11. The molecule has 0 saturated heterocycles. The van der Waals surface area contributed by atoms with Crippen LogP contribution in [0.15, 0.2) is 29.4 Å². The van der Waals surface area contributed by atoms with Crippen LogP contribution >= 0.6 is 0 Å². The van der Waals surface area contributed by atoms with Crippen molar-refractivity contribution in [3.05, 3.63) is 24.3 Å². The number of hydrogen-bond acceptors (Lipinski definition) is 3. The predicted molar refractivity (Wildman–Crippen MR) is 60.6 cm³/mol. The fourth-order valence-electron chi connectivity index (χ4n) is 1.51. The Balaban J connectivity index is 2.42. The van der Waals surface area contributed by atoms with Crippen LogP contribution < -0.4 is 10.7 Å². The second-order valence-corrected chi connectivity index (χ2v) is 3.67. The van der Waals surface area contributed by atoms with Crippen molar-refractivity contribution in [3.8, 4) is 0 Å². The number of nitrogens with zero attached hydrogens (tertiary/aromatic N) is 2. The Kier molecular flexibility index (Phi) is 2.19. The maximum atomic E-state index is 11.8. The zero-order chi connectivity index (χ0) is 11.0. The Hall–Kier alpha value is -1.84. The molecule has 1 aliphatic rings. The fourth-order valence-corrected chi connectivity index (χ4v) is 1.51. The van der Waals surface area contributed by atoms with Crippen LogP contribution in [-0.4, -0.2) is 11.6 Å². The quantitative estimate of drug-likeness (QED) is 0.705. The third-order valence-corrected chi connectivity index (χ3v) is 2.63. The predicted octanol–water partition coefficient (Wildman–Crippen LogP) is 1.63. The van der Waals surface area contributed by atoms with E-state index in [1.807, 2.05) is 26.0 Å². The summed E-state index contributed by atoms with van der Waals surface area (Å²) in [4.78, 5) is 11.8. The number of amides is 1. The molecule has 0 fully saturated rings. The lowest BCUT2D eigenvalue weighted by molar-refractivity contribution is -0.119. The molecule has 0 saturated carbocycles. The van der Waals surface area contributed by atoms with Crippen LogP contribution in [0.3, 0.4) is 0 Å². The third-order valence-electron chi connectivity index (χ3n) is 2.63. The number of nitrogen functional groups attached to an aromatic ring is 1. The Bertz CT molecular complexity index is 439. The summed E-state index contributed by atoms with van der Waals surface area (Å²) in [7, 11) is 0. The van der Waals surface area contributed by atoms with Crippen LogP contribution in [0.5, 0.6) is 0 Å². The SMILES string of the molecule is CC1=NN(c2ccccc2N)C(=O)C1C. The van der Waals surface area contributed by atoms with Gasteiger partial charge in [-0.15, -0.1) is 0 Å². The number of carbonyl (C=O) groups excluding carboxylic acids is 1. The summed E-state index contributed by atoms with van der Waals surface area (Å²) < 4.78 is 0. The van der Waals surface area contributed by atoms with E-state index in [1.165, 1.54) is 5.01 Å². The topological polar surface area (TPSA) is 58.7 Å². The lowest BCUT2D eigenvalue weighted by atomic mass is 10.1. The molecule has 2 N–H and O–H groups in total. The molecule has 2 rings (SSSR count). The van der Waals surface area contributed by atoms with Crippen molar-refractivity contribution in [2.24, 2.45) is 11.0 Å². The first-order valence-electron chi connectivity index (χ1n) is 4.85. The lowest BCUT2D eigenvalue weighted by Crippen LogP contribution is -2.25. The molecule has 15 heavy (non-hydrogen) atoms. The Morgan fingerprint density at radius 3 is 2.60 bits per heavy atom. The second kappa shape index (κ2) is 3.38. The van der Waals surface area contributed by atoms with Gasteiger partial charge in [0.05, 0.1) is 17.3 Å². The van der Waals surface area contributed by atoms with E-state index in [0.717, 1.165) is 5.71 Å². The molecule has 0 aromatic heterocycles. The number of anilines is 2. The summed E-state index contributed by atoms with van der Waals surface area (Å²) in [6.07, 6.45) is 0. The van der Waals surface area contributed by atoms with E-state index in [2.05, 4.69) is 5.10 Å². The van der Waals surface area contributed by atoms with Crippen LogP contribution in [-0.2, 0) is 4.79 Å². The minimum Gasteiger partial charge on any atom is -0.397 e. The molecule has 0 aliphatic carbocycles. The number of hydrogen-bond donors (Lipinski definition) is 1. The highest BCUT2D eigenvalue weighted by Crippen LogP contribution is 2.28. The summed E-state index contributed by atoms with van der Waals surface area (Å²) in [5.41, 5.74) is 7.84. The molecule has 1 aromatic carbocycles. The minimum absolute atomic E-state index is 0.0228. The summed E-state index contributed by atoms with van der Waals surface area (Å²) >= 11 is 0. The molecule has 78 valence electrons. The minimum atomic E-state index is -0.149. The molecule has 4 heteroatoms. The molecular weight excluding hydrogens is 190 g/mol. The number of para-hydroxylation sites is 2. The van der Waals surface area contributed by atoms with E-state index >= 15 is 0 Å². The lowest BCUT2D eigenvalue weighted by Gasteiger charge is -2.14. The van der Waals surface area contributed by atoms with Gasteiger partial charge in [0.2, 0.25) is 0 Å². The largest absolute Gasteiger partial charge is 0.397 e. The van der Waals surface area contributed by atoms with Crippen molar-refractivity contribution < 1.29 is 4.79 Å². The van der Waals surface area contributed by atoms with Gasteiger partial charge in [-0.3, -0.25) is 4.79 Å². The molecule has 0 bridgehead atoms. The van der Waals surface area contributed by atoms with Crippen molar-refractivity contribution in [2.45, 2.75) is 13.8 Å².